The van der Waals surface area contributed by atoms with E-state index in [2.05, 4.69) is 25.5 Å². The highest BCUT2D eigenvalue weighted by Gasteiger charge is 2.18. The molecule has 0 saturated heterocycles. The molecule has 0 saturated carbocycles. The zero-order valence-electron chi connectivity index (χ0n) is 16.2. The number of pyridine rings is 2. The highest BCUT2D eigenvalue weighted by atomic mass is 16.5. The van der Waals surface area contributed by atoms with Gasteiger partial charge in [0.05, 0.1) is 12.1 Å². The van der Waals surface area contributed by atoms with Crippen molar-refractivity contribution in [3.05, 3.63) is 72.3 Å². The lowest BCUT2D eigenvalue weighted by molar-refractivity contribution is 0.102. The smallest absolute Gasteiger partial charge is 0.260 e. The topological polar surface area (TPSA) is 94.8 Å². The van der Waals surface area contributed by atoms with E-state index in [0.29, 0.717) is 41.8 Å². The molecule has 5 rings (SSSR count). The monoisotopic (exact) mass is 398 g/mol. The third-order valence-corrected chi connectivity index (χ3v) is 4.89. The van der Waals surface area contributed by atoms with Crippen LogP contribution in [0.3, 0.4) is 0 Å². The summed E-state index contributed by atoms with van der Waals surface area (Å²) in [6, 6.07) is 14.9. The average Bonchev–Trinajstić information content (AvgIpc) is 3.23. The Morgan fingerprint density at radius 1 is 1.10 bits per heavy atom. The number of hydrogen-bond acceptors (Lipinski definition) is 6. The molecule has 8 heteroatoms. The summed E-state index contributed by atoms with van der Waals surface area (Å²) in [5.74, 6) is 1.26. The van der Waals surface area contributed by atoms with Crippen LogP contribution < -0.4 is 10.1 Å². The van der Waals surface area contributed by atoms with Gasteiger partial charge in [-0.1, -0.05) is 18.2 Å². The van der Waals surface area contributed by atoms with Crippen molar-refractivity contribution in [3.8, 4) is 28.4 Å². The van der Waals surface area contributed by atoms with E-state index in [0.717, 1.165) is 16.8 Å². The summed E-state index contributed by atoms with van der Waals surface area (Å²) in [5.41, 5.74) is 3.81. The number of nitrogens with one attached hydrogen (secondary N) is 1. The van der Waals surface area contributed by atoms with Gasteiger partial charge in [-0.15, -0.1) is 10.2 Å². The molecule has 0 radical (unpaired) electrons. The quantitative estimate of drug-likeness (QED) is 0.528. The molecule has 4 aromatic rings. The number of amides is 1. The lowest BCUT2D eigenvalue weighted by atomic mass is 10.0. The molecule has 1 amide bonds. The zero-order valence-corrected chi connectivity index (χ0v) is 16.2. The summed E-state index contributed by atoms with van der Waals surface area (Å²) in [6.45, 7) is 2.82. The minimum absolute atomic E-state index is 0.293. The van der Waals surface area contributed by atoms with E-state index in [9.17, 15) is 4.79 Å². The van der Waals surface area contributed by atoms with Crippen LogP contribution in [0.4, 0.5) is 5.82 Å². The van der Waals surface area contributed by atoms with Crippen LogP contribution in [0.1, 0.15) is 16.1 Å². The Bertz CT molecular complexity index is 1230. The van der Waals surface area contributed by atoms with Crippen molar-refractivity contribution in [2.45, 2.75) is 13.5 Å². The third-order valence-electron chi connectivity index (χ3n) is 4.89. The molecule has 0 spiro atoms. The Hall–Kier alpha value is -4.07. The van der Waals surface area contributed by atoms with Crippen LogP contribution >= 0.6 is 0 Å². The number of carbonyl (C=O) groups excluding carboxylic acids is 1. The van der Waals surface area contributed by atoms with Gasteiger partial charge in [-0.05, 0) is 42.8 Å². The van der Waals surface area contributed by atoms with Crippen LogP contribution in [-0.4, -0.2) is 37.2 Å². The minimum Gasteiger partial charge on any atom is -0.491 e. The van der Waals surface area contributed by atoms with Crippen LogP contribution in [0.25, 0.3) is 22.6 Å². The third kappa shape index (κ3) is 3.39. The second kappa shape index (κ2) is 7.40. The fourth-order valence-electron chi connectivity index (χ4n) is 3.33. The van der Waals surface area contributed by atoms with Crippen LogP contribution in [0.15, 0.2) is 61.1 Å². The van der Waals surface area contributed by atoms with E-state index in [1.807, 2.05) is 54.0 Å². The van der Waals surface area contributed by atoms with E-state index < -0.39 is 0 Å². The predicted molar refractivity (Wildman–Crippen MR) is 111 cm³/mol. The molecule has 148 valence electrons. The van der Waals surface area contributed by atoms with Crippen molar-refractivity contribution in [3.63, 3.8) is 0 Å². The number of ether oxygens (including phenoxy) is 1. The number of aryl methyl sites for hydroxylation is 1. The summed E-state index contributed by atoms with van der Waals surface area (Å²) in [7, 11) is 0. The summed E-state index contributed by atoms with van der Waals surface area (Å²) in [4.78, 5) is 22.0. The van der Waals surface area contributed by atoms with Gasteiger partial charge in [-0.3, -0.25) is 9.78 Å². The maximum Gasteiger partial charge on any atom is 0.260 e. The molecule has 1 N–H and O–H groups in total. The van der Waals surface area contributed by atoms with Crippen LogP contribution in [-0.2, 0) is 6.54 Å². The number of aromatic nitrogens is 5. The number of hydrogen-bond donors (Lipinski definition) is 1. The first-order chi connectivity index (χ1) is 14.7. The number of nitrogens with zero attached hydrogens (tertiary/aromatic N) is 5. The largest absolute Gasteiger partial charge is 0.491 e. The maximum absolute atomic E-state index is 13.1. The fourth-order valence-corrected chi connectivity index (χ4v) is 3.33. The standard InChI is InChI=1S/C22H18N6O2/c1-14-5-6-16(12-23-14)15-7-8-19-17(11-15)22(29)26-20-4-2-3-18(25-20)21-27-24-13-28(21)9-10-30-19/h2-8,11-13H,9-10H2,1H3,(H,25,26,29). The van der Waals surface area contributed by atoms with Gasteiger partial charge in [0, 0.05) is 17.5 Å². The average molecular weight is 398 g/mol. The van der Waals surface area contributed by atoms with E-state index in [4.69, 9.17) is 4.74 Å². The molecular formula is C22H18N6O2. The van der Waals surface area contributed by atoms with E-state index in [1.165, 1.54) is 0 Å². The van der Waals surface area contributed by atoms with Gasteiger partial charge in [0.2, 0.25) is 0 Å². The summed E-state index contributed by atoms with van der Waals surface area (Å²) < 4.78 is 7.84. The highest BCUT2D eigenvalue weighted by molar-refractivity contribution is 6.06. The first-order valence-corrected chi connectivity index (χ1v) is 9.54. The SMILES string of the molecule is Cc1ccc(-c2ccc3c(c2)C(=O)Nc2cccc(n2)-c2nncn2CCO3)cn1. The first kappa shape index (κ1) is 18.0. The molecule has 2 bridgehead atoms. The Kier molecular flexibility index (Phi) is 4.44. The van der Waals surface area contributed by atoms with Crippen molar-refractivity contribution >= 4 is 11.7 Å². The van der Waals surface area contributed by atoms with Gasteiger partial charge in [-0.2, -0.15) is 0 Å². The molecule has 0 fully saturated rings. The second-order valence-electron chi connectivity index (χ2n) is 6.96. The summed E-state index contributed by atoms with van der Waals surface area (Å²) in [5, 5.41) is 11.0. The van der Waals surface area contributed by atoms with Crippen molar-refractivity contribution < 1.29 is 9.53 Å². The number of fused-ring (bicyclic) bond motifs is 5. The van der Waals surface area contributed by atoms with Gasteiger partial charge in [-0.25, -0.2) is 4.98 Å². The Morgan fingerprint density at radius 2 is 2.00 bits per heavy atom. The molecule has 4 heterocycles. The molecular weight excluding hydrogens is 380 g/mol. The van der Waals surface area contributed by atoms with E-state index in [-0.39, 0.29) is 5.91 Å². The number of carbonyl (C=O) groups is 1. The normalized spacial score (nSPS) is 13.2. The lowest BCUT2D eigenvalue weighted by Crippen LogP contribution is -2.17. The second-order valence-corrected chi connectivity index (χ2v) is 6.96. The zero-order chi connectivity index (χ0) is 20.5. The van der Waals surface area contributed by atoms with Crippen molar-refractivity contribution in [2.75, 3.05) is 11.9 Å². The first-order valence-electron chi connectivity index (χ1n) is 9.54. The predicted octanol–water partition coefficient (Wildman–Crippen LogP) is 3.36. The number of benzene rings is 1. The molecule has 1 aliphatic rings. The Labute approximate surface area is 172 Å². The molecule has 0 aliphatic carbocycles. The van der Waals surface area contributed by atoms with Crippen LogP contribution in [0.5, 0.6) is 5.75 Å². The fraction of sp³-hybridized carbons (Fsp3) is 0.136. The minimum atomic E-state index is -0.293. The molecule has 0 atom stereocenters. The van der Waals surface area contributed by atoms with E-state index >= 15 is 0 Å². The van der Waals surface area contributed by atoms with Gasteiger partial charge in [0.15, 0.2) is 5.82 Å². The molecule has 8 nitrogen and oxygen atoms in total. The molecule has 1 aromatic carbocycles. The van der Waals surface area contributed by atoms with Gasteiger partial charge >= 0.3 is 0 Å². The highest BCUT2D eigenvalue weighted by Crippen LogP contribution is 2.28. The number of anilines is 1. The molecule has 1 aliphatic heterocycles. The Morgan fingerprint density at radius 3 is 2.87 bits per heavy atom. The number of rotatable bonds is 1. The lowest BCUT2D eigenvalue weighted by Gasteiger charge is -2.15. The summed E-state index contributed by atoms with van der Waals surface area (Å²) in [6.07, 6.45) is 3.44. The van der Waals surface area contributed by atoms with Crippen LogP contribution in [0, 0.1) is 6.92 Å². The summed E-state index contributed by atoms with van der Waals surface area (Å²) >= 11 is 0. The van der Waals surface area contributed by atoms with Gasteiger partial charge in [0.1, 0.15) is 30.2 Å². The van der Waals surface area contributed by atoms with Crippen molar-refractivity contribution in [1.82, 2.24) is 24.7 Å². The molecule has 30 heavy (non-hydrogen) atoms. The molecule has 0 unspecified atom stereocenters. The van der Waals surface area contributed by atoms with Crippen LogP contribution in [0.2, 0.25) is 0 Å². The molecule has 3 aromatic heterocycles. The van der Waals surface area contributed by atoms with Crippen molar-refractivity contribution in [1.29, 1.82) is 0 Å². The Balaban J connectivity index is 1.57. The maximum atomic E-state index is 13.1. The van der Waals surface area contributed by atoms with E-state index in [1.54, 1.807) is 18.6 Å². The van der Waals surface area contributed by atoms with Gasteiger partial charge in [0.25, 0.3) is 5.91 Å². The van der Waals surface area contributed by atoms with Crippen molar-refractivity contribution in [2.24, 2.45) is 0 Å². The van der Waals surface area contributed by atoms with Gasteiger partial charge < -0.3 is 14.6 Å².